The molecule has 0 radical (unpaired) electrons. The average Bonchev–Trinajstić information content (AvgIpc) is 2.32. The van der Waals surface area contributed by atoms with E-state index in [-0.39, 0.29) is 23.1 Å². The van der Waals surface area contributed by atoms with Crippen LogP contribution in [0.5, 0.6) is 0 Å². The Morgan fingerprint density at radius 1 is 0.889 bits per heavy atom. The third-order valence-corrected chi connectivity index (χ3v) is 2.76. The van der Waals surface area contributed by atoms with Gasteiger partial charge in [-0.25, -0.2) is 17.6 Å². The lowest BCUT2D eigenvalue weighted by molar-refractivity contribution is 0.547. The first kappa shape index (κ1) is 12.6. The lowest BCUT2D eigenvalue weighted by Gasteiger charge is -2.08. The summed E-state index contributed by atoms with van der Waals surface area (Å²) in [7, 11) is 0. The van der Waals surface area contributed by atoms with Crippen LogP contribution in [0.4, 0.5) is 17.6 Å². The zero-order valence-electron chi connectivity index (χ0n) is 9.61. The van der Waals surface area contributed by atoms with E-state index in [0.717, 1.165) is 12.1 Å². The fourth-order valence-corrected chi connectivity index (χ4v) is 1.73. The van der Waals surface area contributed by atoms with E-state index >= 15 is 0 Å². The monoisotopic (exact) mass is 254 g/mol. The van der Waals surface area contributed by atoms with Gasteiger partial charge in [0.05, 0.1) is 0 Å². The van der Waals surface area contributed by atoms with Crippen molar-refractivity contribution >= 4 is 0 Å². The van der Waals surface area contributed by atoms with Crippen molar-refractivity contribution in [3.05, 3.63) is 70.3 Å². The van der Waals surface area contributed by atoms with E-state index in [1.807, 2.05) is 0 Å². The molecule has 0 heterocycles. The van der Waals surface area contributed by atoms with Gasteiger partial charge in [0.15, 0.2) is 0 Å². The van der Waals surface area contributed by atoms with Crippen molar-refractivity contribution < 1.29 is 17.6 Å². The summed E-state index contributed by atoms with van der Waals surface area (Å²) in [6, 6.07) is 5.39. The molecule has 0 spiro atoms. The van der Waals surface area contributed by atoms with Crippen LogP contribution in [0.3, 0.4) is 0 Å². The maximum absolute atomic E-state index is 13.7. The fraction of sp³-hybridized carbons (Fsp3) is 0.143. The van der Waals surface area contributed by atoms with Crippen LogP contribution in [-0.2, 0) is 6.42 Å². The van der Waals surface area contributed by atoms with Crippen LogP contribution in [0.15, 0.2) is 30.3 Å². The molecule has 0 saturated carbocycles. The predicted octanol–water partition coefficient (Wildman–Crippen LogP) is 4.14. The van der Waals surface area contributed by atoms with Gasteiger partial charge in [-0.1, -0.05) is 12.1 Å². The number of hydrogen-bond acceptors (Lipinski definition) is 0. The molecule has 0 atom stereocenters. The van der Waals surface area contributed by atoms with Crippen LogP contribution in [0, 0.1) is 30.2 Å². The van der Waals surface area contributed by atoms with Crippen molar-refractivity contribution in [2.75, 3.05) is 0 Å². The maximum Gasteiger partial charge on any atom is 0.132 e. The quantitative estimate of drug-likeness (QED) is 0.706. The highest BCUT2D eigenvalue weighted by Crippen LogP contribution is 2.21. The second-order valence-corrected chi connectivity index (χ2v) is 4.07. The molecule has 0 fully saturated rings. The van der Waals surface area contributed by atoms with Gasteiger partial charge in [0.2, 0.25) is 0 Å². The van der Waals surface area contributed by atoms with E-state index in [1.165, 1.54) is 19.1 Å². The van der Waals surface area contributed by atoms with Crippen molar-refractivity contribution in [1.29, 1.82) is 0 Å². The first-order valence-corrected chi connectivity index (χ1v) is 5.36. The third kappa shape index (κ3) is 2.37. The maximum atomic E-state index is 13.7. The normalized spacial score (nSPS) is 10.7. The number of rotatable bonds is 2. The molecule has 0 unspecified atom stereocenters. The van der Waals surface area contributed by atoms with Crippen LogP contribution in [0.1, 0.15) is 16.7 Å². The Labute approximate surface area is 102 Å². The highest BCUT2D eigenvalue weighted by Gasteiger charge is 2.14. The summed E-state index contributed by atoms with van der Waals surface area (Å²) in [6.07, 6.45) is -0.245. The molecule has 0 bridgehead atoms. The van der Waals surface area contributed by atoms with Crippen molar-refractivity contribution in [3.8, 4) is 0 Å². The van der Waals surface area contributed by atoms with E-state index in [2.05, 4.69) is 0 Å². The van der Waals surface area contributed by atoms with Crippen LogP contribution >= 0.6 is 0 Å². The summed E-state index contributed by atoms with van der Waals surface area (Å²) >= 11 is 0. The van der Waals surface area contributed by atoms with Gasteiger partial charge in [-0.05, 0) is 30.2 Å². The standard InChI is InChI=1S/C14H10F4/c1-8-2-5-12(16)11(14(8)18)6-9-3-4-10(15)7-13(9)17/h2-5,7H,6H2,1H3. The second kappa shape index (κ2) is 4.80. The van der Waals surface area contributed by atoms with Crippen LogP contribution in [0.2, 0.25) is 0 Å². The minimum absolute atomic E-state index is 0.0554. The number of benzene rings is 2. The van der Waals surface area contributed by atoms with Gasteiger partial charge in [0.1, 0.15) is 23.3 Å². The molecule has 2 aromatic carbocycles. The Balaban J connectivity index is 2.43. The van der Waals surface area contributed by atoms with Gasteiger partial charge in [0, 0.05) is 18.1 Å². The third-order valence-electron chi connectivity index (χ3n) is 2.76. The molecule has 0 N–H and O–H groups in total. The predicted molar refractivity (Wildman–Crippen MR) is 60.3 cm³/mol. The van der Waals surface area contributed by atoms with Gasteiger partial charge >= 0.3 is 0 Å². The Morgan fingerprint density at radius 2 is 1.61 bits per heavy atom. The van der Waals surface area contributed by atoms with E-state index < -0.39 is 23.3 Å². The first-order chi connectivity index (χ1) is 8.49. The Kier molecular flexibility index (Phi) is 3.36. The highest BCUT2D eigenvalue weighted by molar-refractivity contribution is 5.32. The summed E-state index contributed by atoms with van der Waals surface area (Å²) in [5.74, 6) is -2.96. The molecule has 4 heteroatoms. The molecule has 18 heavy (non-hydrogen) atoms. The molecular formula is C14H10F4. The molecular weight excluding hydrogens is 244 g/mol. The van der Waals surface area contributed by atoms with Gasteiger partial charge < -0.3 is 0 Å². The minimum Gasteiger partial charge on any atom is -0.207 e. The molecule has 0 aliphatic heterocycles. The van der Waals surface area contributed by atoms with E-state index in [1.54, 1.807) is 0 Å². The average molecular weight is 254 g/mol. The van der Waals surface area contributed by atoms with Gasteiger partial charge in [-0.3, -0.25) is 0 Å². The van der Waals surface area contributed by atoms with Gasteiger partial charge in [-0.2, -0.15) is 0 Å². The zero-order chi connectivity index (χ0) is 13.3. The largest absolute Gasteiger partial charge is 0.207 e. The van der Waals surface area contributed by atoms with Crippen molar-refractivity contribution in [3.63, 3.8) is 0 Å². The molecule has 0 nitrogen and oxygen atoms in total. The fourth-order valence-electron chi connectivity index (χ4n) is 1.73. The highest BCUT2D eigenvalue weighted by atomic mass is 19.1. The minimum atomic E-state index is -0.810. The lowest BCUT2D eigenvalue weighted by Crippen LogP contribution is -2.01. The first-order valence-electron chi connectivity index (χ1n) is 5.36. The molecule has 2 aromatic rings. The molecule has 0 saturated heterocycles. The lowest BCUT2D eigenvalue weighted by atomic mass is 10.0. The topological polar surface area (TPSA) is 0 Å². The summed E-state index contributed by atoms with van der Waals surface area (Å²) in [4.78, 5) is 0. The van der Waals surface area contributed by atoms with Crippen LogP contribution in [0.25, 0.3) is 0 Å². The summed E-state index contributed by atoms with van der Waals surface area (Å²) < 4.78 is 53.3. The number of aryl methyl sites for hydroxylation is 1. The molecule has 0 aliphatic carbocycles. The number of hydrogen-bond donors (Lipinski definition) is 0. The molecule has 0 amide bonds. The molecule has 94 valence electrons. The molecule has 0 aromatic heterocycles. The summed E-state index contributed by atoms with van der Waals surface area (Å²) in [6.45, 7) is 1.50. The van der Waals surface area contributed by atoms with E-state index in [9.17, 15) is 17.6 Å². The van der Waals surface area contributed by atoms with Crippen LogP contribution < -0.4 is 0 Å². The Hall–Kier alpha value is -1.84. The SMILES string of the molecule is Cc1ccc(F)c(Cc2ccc(F)cc2F)c1F. The Bertz CT molecular complexity index is 591. The van der Waals surface area contributed by atoms with Crippen molar-refractivity contribution in [2.45, 2.75) is 13.3 Å². The van der Waals surface area contributed by atoms with Crippen LogP contribution in [-0.4, -0.2) is 0 Å². The Morgan fingerprint density at radius 3 is 2.28 bits per heavy atom. The van der Waals surface area contributed by atoms with Gasteiger partial charge in [-0.15, -0.1) is 0 Å². The smallest absolute Gasteiger partial charge is 0.132 e. The van der Waals surface area contributed by atoms with Crippen molar-refractivity contribution in [2.24, 2.45) is 0 Å². The summed E-state index contributed by atoms with van der Waals surface area (Å²) in [5, 5.41) is 0. The summed E-state index contributed by atoms with van der Waals surface area (Å²) in [5.41, 5.74) is 0.134. The molecule has 2 rings (SSSR count). The second-order valence-electron chi connectivity index (χ2n) is 4.07. The molecule has 0 aliphatic rings. The number of halogens is 4. The van der Waals surface area contributed by atoms with E-state index in [0.29, 0.717) is 6.07 Å². The van der Waals surface area contributed by atoms with Crippen molar-refractivity contribution in [1.82, 2.24) is 0 Å². The van der Waals surface area contributed by atoms with Gasteiger partial charge in [0.25, 0.3) is 0 Å². The van der Waals surface area contributed by atoms with E-state index in [4.69, 9.17) is 0 Å². The zero-order valence-corrected chi connectivity index (χ0v) is 9.61.